The Hall–Kier alpha value is -1.71. The third-order valence-electron chi connectivity index (χ3n) is 3.23. The third-order valence-corrected chi connectivity index (χ3v) is 3.23. The van der Waals surface area contributed by atoms with Crippen molar-refractivity contribution in [2.45, 2.75) is 38.6 Å². The standard InChI is InChI=1S/C14H22N2O2/c1-4-10-14(5-2,13(15)17)16-11-6-8-12(18-3)9-7-11/h6-9,16H,4-5,10H2,1-3H3,(H2,15,17). The van der Waals surface area contributed by atoms with Crippen LogP contribution in [0.2, 0.25) is 0 Å². The third kappa shape index (κ3) is 3.15. The number of amides is 1. The average molecular weight is 250 g/mol. The lowest BCUT2D eigenvalue weighted by atomic mass is 9.89. The zero-order valence-corrected chi connectivity index (χ0v) is 11.3. The largest absolute Gasteiger partial charge is 0.497 e. The van der Waals surface area contributed by atoms with Gasteiger partial charge in [0.05, 0.1) is 7.11 Å². The minimum Gasteiger partial charge on any atom is -0.497 e. The second-order valence-electron chi connectivity index (χ2n) is 4.40. The van der Waals surface area contributed by atoms with Crippen LogP contribution in [0.25, 0.3) is 0 Å². The van der Waals surface area contributed by atoms with Gasteiger partial charge in [0.15, 0.2) is 0 Å². The van der Waals surface area contributed by atoms with E-state index in [2.05, 4.69) is 5.32 Å². The van der Waals surface area contributed by atoms with E-state index < -0.39 is 5.54 Å². The highest BCUT2D eigenvalue weighted by Gasteiger charge is 2.33. The smallest absolute Gasteiger partial charge is 0.243 e. The lowest BCUT2D eigenvalue weighted by Crippen LogP contribution is -2.50. The highest BCUT2D eigenvalue weighted by Crippen LogP contribution is 2.25. The molecule has 0 aromatic heterocycles. The number of anilines is 1. The first-order chi connectivity index (χ1) is 8.57. The Kier molecular flexibility index (Phi) is 5.01. The van der Waals surface area contributed by atoms with E-state index in [0.717, 1.165) is 24.3 Å². The Morgan fingerprint density at radius 2 is 1.94 bits per heavy atom. The first kappa shape index (κ1) is 14.4. The number of primary amides is 1. The molecule has 0 saturated carbocycles. The summed E-state index contributed by atoms with van der Waals surface area (Å²) >= 11 is 0. The monoisotopic (exact) mass is 250 g/mol. The molecule has 0 aliphatic heterocycles. The van der Waals surface area contributed by atoms with E-state index in [4.69, 9.17) is 10.5 Å². The Bertz CT molecular complexity index is 389. The van der Waals surface area contributed by atoms with Crippen LogP contribution in [0.5, 0.6) is 5.75 Å². The Morgan fingerprint density at radius 1 is 1.33 bits per heavy atom. The van der Waals surface area contributed by atoms with Crippen molar-refractivity contribution in [2.24, 2.45) is 5.73 Å². The van der Waals surface area contributed by atoms with Crippen molar-refractivity contribution in [1.82, 2.24) is 0 Å². The van der Waals surface area contributed by atoms with Gasteiger partial charge >= 0.3 is 0 Å². The molecule has 18 heavy (non-hydrogen) atoms. The summed E-state index contributed by atoms with van der Waals surface area (Å²) in [5.74, 6) is 0.486. The number of carbonyl (C=O) groups excluding carboxylic acids is 1. The van der Waals surface area contributed by atoms with Gasteiger partial charge in [-0.15, -0.1) is 0 Å². The van der Waals surface area contributed by atoms with Crippen LogP contribution in [0.3, 0.4) is 0 Å². The maximum atomic E-state index is 11.7. The second-order valence-corrected chi connectivity index (χ2v) is 4.40. The minimum atomic E-state index is -0.663. The number of nitrogens with one attached hydrogen (secondary N) is 1. The van der Waals surface area contributed by atoms with Gasteiger partial charge in [0.1, 0.15) is 11.3 Å². The van der Waals surface area contributed by atoms with Crippen LogP contribution in [0, 0.1) is 0 Å². The number of hydrogen-bond acceptors (Lipinski definition) is 3. The van der Waals surface area contributed by atoms with E-state index in [9.17, 15) is 4.79 Å². The Balaban J connectivity index is 2.91. The number of rotatable bonds is 7. The first-order valence-corrected chi connectivity index (χ1v) is 6.30. The molecule has 1 aromatic rings. The van der Waals surface area contributed by atoms with E-state index >= 15 is 0 Å². The molecule has 1 aromatic carbocycles. The first-order valence-electron chi connectivity index (χ1n) is 6.30. The normalized spacial score (nSPS) is 13.7. The van der Waals surface area contributed by atoms with Crippen LogP contribution >= 0.6 is 0 Å². The van der Waals surface area contributed by atoms with Gasteiger partial charge in [-0.05, 0) is 37.1 Å². The van der Waals surface area contributed by atoms with Crippen LogP contribution in [-0.2, 0) is 4.79 Å². The molecule has 0 spiro atoms. The zero-order valence-electron chi connectivity index (χ0n) is 11.3. The molecule has 1 amide bonds. The van der Waals surface area contributed by atoms with Crippen molar-refractivity contribution < 1.29 is 9.53 Å². The van der Waals surface area contributed by atoms with Crippen molar-refractivity contribution in [2.75, 3.05) is 12.4 Å². The summed E-state index contributed by atoms with van der Waals surface area (Å²) in [4.78, 5) is 11.7. The summed E-state index contributed by atoms with van der Waals surface area (Å²) in [5, 5.41) is 3.26. The molecule has 0 saturated heterocycles. The number of nitrogens with two attached hydrogens (primary N) is 1. The minimum absolute atomic E-state index is 0.303. The summed E-state index contributed by atoms with van der Waals surface area (Å²) in [5.41, 5.74) is 5.76. The van der Waals surface area contributed by atoms with Crippen molar-refractivity contribution >= 4 is 11.6 Å². The zero-order chi connectivity index (χ0) is 13.6. The highest BCUT2D eigenvalue weighted by molar-refractivity contribution is 5.87. The number of carbonyl (C=O) groups is 1. The summed E-state index contributed by atoms with van der Waals surface area (Å²) in [7, 11) is 1.62. The number of benzene rings is 1. The van der Waals surface area contributed by atoms with Crippen LogP contribution in [0.4, 0.5) is 5.69 Å². The predicted molar refractivity (Wildman–Crippen MR) is 73.7 cm³/mol. The lowest BCUT2D eigenvalue weighted by molar-refractivity contribution is -0.122. The molecule has 0 fully saturated rings. The maximum absolute atomic E-state index is 11.7. The average Bonchev–Trinajstić information content (AvgIpc) is 2.38. The van der Waals surface area contributed by atoms with Crippen molar-refractivity contribution in [3.63, 3.8) is 0 Å². The molecular weight excluding hydrogens is 228 g/mol. The van der Waals surface area contributed by atoms with Crippen LogP contribution in [-0.4, -0.2) is 18.6 Å². The van der Waals surface area contributed by atoms with Gasteiger partial charge in [-0.1, -0.05) is 20.3 Å². The molecule has 4 heteroatoms. The fourth-order valence-electron chi connectivity index (χ4n) is 2.06. The molecule has 0 aliphatic rings. The summed E-state index contributed by atoms with van der Waals surface area (Å²) in [6.45, 7) is 4.01. The number of hydrogen-bond donors (Lipinski definition) is 2. The summed E-state index contributed by atoms with van der Waals surface area (Å²) in [6.07, 6.45) is 2.30. The van der Waals surface area contributed by atoms with Crippen molar-refractivity contribution in [3.05, 3.63) is 24.3 Å². The van der Waals surface area contributed by atoms with Crippen LogP contribution in [0.1, 0.15) is 33.1 Å². The van der Waals surface area contributed by atoms with E-state index in [1.54, 1.807) is 7.11 Å². The summed E-state index contributed by atoms with van der Waals surface area (Å²) in [6, 6.07) is 7.50. The Morgan fingerprint density at radius 3 is 2.33 bits per heavy atom. The molecule has 0 aliphatic carbocycles. The molecule has 3 N–H and O–H groups in total. The predicted octanol–water partition coefficient (Wildman–Crippen LogP) is 2.54. The highest BCUT2D eigenvalue weighted by atomic mass is 16.5. The van der Waals surface area contributed by atoms with Gasteiger partial charge in [0, 0.05) is 5.69 Å². The number of methoxy groups -OCH3 is 1. The molecule has 4 nitrogen and oxygen atoms in total. The second kappa shape index (κ2) is 6.28. The van der Waals surface area contributed by atoms with Gasteiger partial charge in [0.25, 0.3) is 0 Å². The van der Waals surface area contributed by atoms with Gasteiger partial charge in [-0.3, -0.25) is 4.79 Å². The Labute approximate surface area is 109 Å². The molecule has 1 rings (SSSR count). The fourth-order valence-corrected chi connectivity index (χ4v) is 2.06. The van der Waals surface area contributed by atoms with Gasteiger partial charge in [0.2, 0.25) is 5.91 Å². The van der Waals surface area contributed by atoms with Gasteiger partial charge in [-0.25, -0.2) is 0 Å². The van der Waals surface area contributed by atoms with E-state index in [0.29, 0.717) is 6.42 Å². The van der Waals surface area contributed by atoms with Gasteiger partial charge in [-0.2, -0.15) is 0 Å². The molecule has 1 atom stereocenters. The molecule has 0 radical (unpaired) electrons. The fraction of sp³-hybridized carbons (Fsp3) is 0.500. The molecule has 100 valence electrons. The van der Waals surface area contributed by atoms with E-state index in [1.165, 1.54) is 0 Å². The topological polar surface area (TPSA) is 64.3 Å². The quantitative estimate of drug-likeness (QED) is 0.781. The number of ether oxygens (including phenoxy) is 1. The van der Waals surface area contributed by atoms with E-state index in [1.807, 2.05) is 38.1 Å². The van der Waals surface area contributed by atoms with Gasteiger partial charge < -0.3 is 15.8 Å². The van der Waals surface area contributed by atoms with Crippen LogP contribution < -0.4 is 15.8 Å². The van der Waals surface area contributed by atoms with Crippen molar-refractivity contribution in [1.29, 1.82) is 0 Å². The lowest BCUT2D eigenvalue weighted by Gasteiger charge is -2.31. The molecule has 1 unspecified atom stereocenters. The molecule has 0 heterocycles. The molecule has 0 bridgehead atoms. The van der Waals surface area contributed by atoms with Crippen molar-refractivity contribution in [3.8, 4) is 5.75 Å². The maximum Gasteiger partial charge on any atom is 0.243 e. The van der Waals surface area contributed by atoms with E-state index in [-0.39, 0.29) is 5.91 Å². The summed E-state index contributed by atoms with van der Waals surface area (Å²) < 4.78 is 5.10. The SMILES string of the molecule is CCCC(CC)(Nc1ccc(OC)cc1)C(N)=O. The molecular formula is C14H22N2O2. The van der Waals surface area contributed by atoms with Crippen LogP contribution in [0.15, 0.2) is 24.3 Å².